The zero-order valence-electron chi connectivity index (χ0n) is 9.25. The third kappa shape index (κ3) is 2.13. The summed E-state index contributed by atoms with van der Waals surface area (Å²) in [5.74, 6) is 1.08. The normalized spacial score (nSPS) is 10.5. The van der Waals surface area contributed by atoms with Crippen LogP contribution in [0.15, 0.2) is 53.3 Å². The average Bonchev–Trinajstić information content (AvgIpc) is 2.90. The third-order valence-electron chi connectivity index (χ3n) is 2.45. The summed E-state index contributed by atoms with van der Waals surface area (Å²) in [6.45, 7) is 0. The molecule has 0 saturated carbocycles. The molecule has 2 aromatic heterocycles. The van der Waals surface area contributed by atoms with Crippen LogP contribution in [0.3, 0.4) is 0 Å². The first-order valence-corrected chi connectivity index (χ1v) is 6.41. The highest BCUT2D eigenvalue weighted by atomic mass is 127. The van der Waals surface area contributed by atoms with Crippen LogP contribution >= 0.6 is 22.6 Å². The first-order valence-electron chi connectivity index (χ1n) is 5.33. The van der Waals surface area contributed by atoms with Gasteiger partial charge in [0.05, 0.1) is 5.56 Å². The Bertz CT molecular complexity index is 667. The maximum Gasteiger partial charge on any atom is 0.259 e. The van der Waals surface area contributed by atoms with Gasteiger partial charge in [0.2, 0.25) is 5.82 Å². The van der Waals surface area contributed by atoms with E-state index in [2.05, 4.69) is 37.7 Å². The van der Waals surface area contributed by atoms with Crippen LogP contribution in [-0.2, 0) is 0 Å². The van der Waals surface area contributed by atoms with Crippen molar-refractivity contribution >= 4 is 22.6 Å². The van der Waals surface area contributed by atoms with Gasteiger partial charge >= 0.3 is 0 Å². The number of hydrogen-bond donors (Lipinski definition) is 0. The Morgan fingerprint density at radius 2 is 1.94 bits per heavy atom. The Labute approximate surface area is 117 Å². The minimum atomic E-state index is 0.527. The summed E-state index contributed by atoms with van der Waals surface area (Å²) in [6.07, 6.45) is 3.43. The molecule has 1 aromatic carbocycles. The highest BCUT2D eigenvalue weighted by molar-refractivity contribution is 14.1. The van der Waals surface area contributed by atoms with Gasteiger partial charge in [-0.1, -0.05) is 17.3 Å². The van der Waals surface area contributed by atoms with Crippen molar-refractivity contribution in [2.45, 2.75) is 0 Å². The highest BCUT2D eigenvalue weighted by Gasteiger charge is 2.12. The molecule has 0 spiro atoms. The molecule has 0 amide bonds. The van der Waals surface area contributed by atoms with Gasteiger partial charge in [0.25, 0.3) is 5.89 Å². The predicted molar refractivity (Wildman–Crippen MR) is 75.7 cm³/mol. The van der Waals surface area contributed by atoms with E-state index in [4.69, 9.17) is 4.52 Å². The van der Waals surface area contributed by atoms with Crippen LogP contribution < -0.4 is 0 Å². The summed E-state index contributed by atoms with van der Waals surface area (Å²) in [4.78, 5) is 8.43. The molecule has 0 atom stereocenters. The lowest BCUT2D eigenvalue weighted by molar-refractivity contribution is 0.432. The first kappa shape index (κ1) is 11.3. The van der Waals surface area contributed by atoms with Gasteiger partial charge in [0, 0.05) is 21.5 Å². The molecule has 0 saturated heterocycles. The number of pyridine rings is 1. The average molecular weight is 349 g/mol. The van der Waals surface area contributed by atoms with Crippen LogP contribution in [0.2, 0.25) is 0 Å². The lowest BCUT2D eigenvalue weighted by Crippen LogP contribution is -1.83. The van der Waals surface area contributed by atoms with Crippen molar-refractivity contribution in [3.8, 4) is 22.8 Å². The molecule has 3 aromatic rings. The monoisotopic (exact) mass is 349 g/mol. The van der Waals surface area contributed by atoms with Crippen molar-refractivity contribution in [2.24, 2.45) is 0 Å². The Kier molecular flexibility index (Phi) is 3.06. The van der Waals surface area contributed by atoms with Crippen LogP contribution in [-0.4, -0.2) is 15.1 Å². The lowest BCUT2D eigenvalue weighted by atomic mass is 10.2. The van der Waals surface area contributed by atoms with Gasteiger partial charge < -0.3 is 4.52 Å². The smallest absolute Gasteiger partial charge is 0.259 e. The van der Waals surface area contributed by atoms with E-state index in [9.17, 15) is 0 Å². The summed E-state index contributed by atoms with van der Waals surface area (Å²) < 4.78 is 6.37. The molecule has 88 valence electrons. The van der Waals surface area contributed by atoms with Crippen LogP contribution in [0.4, 0.5) is 0 Å². The Morgan fingerprint density at radius 1 is 1.06 bits per heavy atom. The predicted octanol–water partition coefficient (Wildman–Crippen LogP) is 3.40. The zero-order valence-corrected chi connectivity index (χ0v) is 11.4. The fourth-order valence-corrected chi connectivity index (χ4v) is 2.20. The Hall–Kier alpha value is -1.76. The molecule has 0 unspecified atom stereocenters. The summed E-state index contributed by atoms with van der Waals surface area (Å²) in [6, 6.07) is 11.6. The number of hydrogen-bond acceptors (Lipinski definition) is 4. The number of rotatable bonds is 2. The molecule has 4 nitrogen and oxygen atoms in total. The molecule has 0 fully saturated rings. The second-order valence-electron chi connectivity index (χ2n) is 3.64. The quantitative estimate of drug-likeness (QED) is 0.666. The molecular weight excluding hydrogens is 341 g/mol. The number of nitrogens with zero attached hydrogens (tertiary/aromatic N) is 3. The topological polar surface area (TPSA) is 51.8 Å². The van der Waals surface area contributed by atoms with Crippen molar-refractivity contribution in [3.05, 3.63) is 52.4 Å². The minimum absolute atomic E-state index is 0.527. The minimum Gasteiger partial charge on any atom is -0.334 e. The zero-order chi connectivity index (χ0) is 12.4. The number of halogens is 1. The van der Waals surface area contributed by atoms with E-state index >= 15 is 0 Å². The first-order chi connectivity index (χ1) is 8.84. The van der Waals surface area contributed by atoms with E-state index in [1.807, 2.05) is 36.4 Å². The largest absolute Gasteiger partial charge is 0.334 e. The molecule has 5 heteroatoms. The fourth-order valence-electron chi connectivity index (χ4n) is 1.58. The Morgan fingerprint density at radius 3 is 2.72 bits per heavy atom. The van der Waals surface area contributed by atoms with E-state index in [1.54, 1.807) is 12.4 Å². The van der Waals surface area contributed by atoms with Crippen molar-refractivity contribution in [2.75, 3.05) is 0 Å². The van der Waals surface area contributed by atoms with Gasteiger partial charge in [-0.15, -0.1) is 0 Å². The molecule has 0 aliphatic carbocycles. The third-order valence-corrected chi connectivity index (χ3v) is 3.39. The second kappa shape index (κ2) is 4.85. The Balaban J connectivity index is 2.03. The number of benzene rings is 1. The SMILES string of the molecule is Ic1ccccc1-c1nc(-c2cccnc2)no1. The van der Waals surface area contributed by atoms with E-state index in [1.165, 1.54) is 0 Å². The van der Waals surface area contributed by atoms with E-state index < -0.39 is 0 Å². The van der Waals surface area contributed by atoms with Crippen molar-refractivity contribution < 1.29 is 4.52 Å². The molecule has 18 heavy (non-hydrogen) atoms. The molecule has 0 aliphatic heterocycles. The van der Waals surface area contributed by atoms with Gasteiger partial charge in [-0.3, -0.25) is 4.98 Å². The molecule has 0 N–H and O–H groups in total. The van der Waals surface area contributed by atoms with E-state index in [-0.39, 0.29) is 0 Å². The molecular formula is C13H8IN3O. The van der Waals surface area contributed by atoms with Crippen molar-refractivity contribution in [1.29, 1.82) is 0 Å². The summed E-state index contributed by atoms with van der Waals surface area (Å²) in [7, 11) is 0. The maximum absolute atomic E-state index is 5.29. The molecule has 0 aliphatic rings. The summed E-state index contributed by atoms with van der Waals surface area (Å²) >= 11 is 2.25. The van der Waals surface area contributed by atoms with Crippen molar-refractivity contribution in [3.63, 3.8) is 0 Å². The molecule has 0 radical (unpaired) electrons. The van der Waals surface area contributed by atoms with Crippen molar-refractivity contribution in [1.82, 2.24) is 15.1 Å². The van der Waals surface area contributed by atoms with Crippen LogP contribution in [0.1, 0.15) is 0 Å². The van der Waals surface area contributed by atoms with Gasteiger partial charge in [-0.2, -0.15) is 4.98 Å². The number of aromatic nitrogens is 3. The summed E-state index contributed by atoms with van der Waals surface area (Å²) in [5, 5.41) is 3.97. The molecule has 0 bridgehead atoms. The van der Waals surface area contributed by atoms with Gasteiger partial charge in [0.15, 0.2) is 0 Å². The van der Waals surface area contributed by atoms with E-state index in [0.29, 0.717) is 11.7 Å². The fraction of sp³-hybridized carbons (Fsp3) is 0. The molecule has 3 rings (SSSR count). The van der Waals surface area contributed by atoms with Crippen LogP contribution in [0, 0.1) is 3.57 Å². The van der Waals surface area contributed by atoms with Gasteiger partial charge in [-0.05, 0) is 46.9 Å². The van der Waals surface area contributed by atoms with Gasteiger partial charge in [0.1, 0.15) is 0 Å². The highest BCUT2D eigenvalue weighted by Crippen LogP contribution is 2.25. The maximum atomic E-state index is 5.29. The lowest BCUT2D eigenvalue weighted by Gasteiger charge is -1.96. The standard InChI is InChI=1S/C13H8IN3O/c14-11-6-2-1-5-10(11)13-16-12(17-18-13)9-4-3-7-15-8-9/h1-8H. The van der Waals surface area contributed by atoms with Crippen LogP contribution in [0.25, 0.3) is 22.8 Å². The second-order valence-corrected chi connectivity index (χ2v) is 4.81. The van der Waals surface area contributed by atoms with E-state index in [0.717, 1.165) is 14.7 Å². The van der Waals surface area contributed by atoms with Gasteiger partial charge in [-0.25, -0.2) is 0 Å². The molecule has 2 heterocycles. The summed E-state index contributed by atoms with van der Waals surface area (Å²) in [5.41, 5.74) is 1.79. The van der Waals surface area contributed by atoms with Crippen LogP contribution in [0.5, 0.6) is 0 Å².